The van der Waals surface area contributed by atoms with Gasteiger partial charge in [-0.2, -0.15) is 0 Å². The zero-order valence-electron chi connectivity index (χ0n) is 33.0. The van der Waals surface area contributed by atoms with Gasteiger partial charge in [0.15, 0.2) is 5.89 Å². The quantitative estimate of drug-likeness (QED) is 0.217. The number of carbonyl (C=O) groups excluding carboxylic acids is 2. The van der Waals surface area contributed by atoms with Crippen molar-refractivity contribution in [2.45, 2.75) is 121 Å². The first kappa shape index (κ1) is 37.4. The molecule has 8 rings (SSSR count). The van der Waals surface area contributed by atoms with Gasteiger partial charge in [-0.15, -0.1) is 0 Å². The molecule has 1 aromatic carbocycles. The molecule has 2 amide bonds. The van der Waals surface area contributed by atoms with Crippen molar-refractivity contribution in [1.29, 1.82) is 0 Å². The largest absolute Gasteiger partial charge is 0.496 e. The van der Waals surface area contributed by atoms with Gasteiger partial charge >= 0.3 is 6.09 Å². The van der Waals surface area contributed by atoms with E-state index in [0.717, 1.165) is 68.5 Å². The van der Waals surface area contributed by atoms with Crippen LogP contribution >= 0.6 is 0 Å². The van der Waals surface area contributed by atoms with E-state index in [2.05, 4.69) is 64.9 Å². The predicted octanol–water partition coefficient (Wildman–Crippen LogP) is 8.31. The fraction of sp³-hybridized carbons (Fsp3) is 0.628. The van der Waals surface area contributed by atoms with Crippen LogP contribution in [-0.2, 0) is 20.4 Å². The molecule has 0 spiro atoms. The van der Waals surface area contributed by atoms with Gasteiger partial charge in [-0.25, -0.2) is 14.8 Å². The van der Waals surface area contributed by atoms with Crippen LogP contribution in [0.15, 0.2) is 47.2 Å². The summed E-state index contributed by atoms with van der Waals surface area (Å²) in [5.74, 6) is 2.27. The van der Waals surface area contributed by atoms with Crippen LogP contribution in [0.3, 0.4) is 0 Å². The Hall–Kier alpha value is -3.92. The normalized spacial score (nSPS) is 27.2. The van der Waals surface area contributed by atoms with Crippen LogP contribution < -0.4 is 9.64 Å². The van der Waals surface area contributed by atoms with Crippen LogP contribution in [-0.4, -0.2) is 84.8 Å². The molecule has 4 saturated carbocycles. The number of carbonyl (C=O) groups is 2. The van der Waals surface area contributed by atoms with Crippen molar-refractivity contribution in [2.24, 2.45) is 11.3 Å². The minimum Gasteiger partial charge on any atom is -0.496 e. The number of likely N-dealkylation sites (N-methyl/N-ethyl adjacent to an activating group) is 1. The number of oxazole rings is 1. The molecule has 3 aromatic rings. The van der Waals surface area contributed by atoms with E-state index in [9.17, 15) is 9.59 Å². The Bertz CT molecular complexity index is 1760. The standard InChI is InChI=1S/C43H59N5O5/c1-29-24-32(10-13-36(29)51-7)43-19-16-42(17-20-43,18-21-43)28-48(37-25-31(14-22-44-37)35-27-52-39(45-35)41(2,3)4)38(49)30-8-11-34(12-9-30)53-40(50)47-23-15-33(26-47)46(5)6/h10,13-14,22,24-25,27,30,33-34H,8-9,11-12,15-21,23,26,28H2,1-7H3/t30?,33-,34?,42?,43?/m1/s1. The van der Waals surface area contributed by atoms with E-state index in [1.807, 2.05) is 21.9 Å². The van der Waals surface area contributed by atoms with Crippen molar-refractivity contribution in [3.8, 4) is 17.0 Å². The third-order valence-corrected chi connectivity index (χ3v) is 13.1. The monoisotopic (exact) mass is 725 g/mol. The number of ether oxygens (including phenoxy) is 2. The average Bonchev–Trinajstić information content (AvgIpc) is 3.87. The zero-order valence-corrected chi connectivity index (χ0v) is 33.0. The topological polar surface area (TPSA) is 101 Å². The molecule has 286 valence electrons. The summed E-state index contributed by atoms with van der Waals surface area (Å²) in [4.78, 5) is 43.5. The maximum absolute atomic E-state index is 14.8. The number of aromatic nitrogens is 2. The number of hydrogen-bond donors (Lipinski definition) is 0. The Morgan fingerprint density at radius 3 is 2.30 bits per heavy atom. The molecule has 1 atom stereocenters. The smallest absolute Gasteiger partial charge is 0.410 e. The molecule has 10 heteroatoms. The van der Waals surface area contributed by atoms with E-state index >= 15 is 0 Å². The fourth-order valence-corrected chi connectivity index (χ4v) is 9.42. The first-order chi connectivity index (χ1) is 25.3. The van der Waals surface area contributed by atoms with Crippen LogP contribution in [0.1, 0.15) is 108 Å². The van der Waals surface area contributed by atoms with E-state index in [0.29, 0.717) is 56.5 Å². The van der Waals surface area contributed by atoms with Crippen LogP contribution in [0.5, 0.6) is 5.75 Å². The first-order valence-electron chi connectivity index (χ1n) is 19.8. The number of rotatable bonds is 9. The summed E-state index contributed by atoms with van der Waals surface area (Å²) in [7, 11) is 5.85. The number of aryl methyl sites for hydroxylation is 1. The van der Waals surface area contributed by atoms with Crippen LogP contribution in [0.2, 0.25) is 0 Å². The van der Waals surface area contributed by atoms with Crippen molar-refractivity contribution in [2.75, 3.05) is 45.7 Å². The number of benzene rings is 1. The van der Waals surface area contributed by atoms with Crippen molar-refractivity contribution in [3.05, 3.63) is 59.8 Å². The Balaban J connectivity index is 1.08. The number of anilines is 1. The maximum atomic E-state index is 14.8. The van der Waals surface area contributed by atoms with Crippen molar-refractivity contribution in [3.63, 3.8) is 0 Å². The van der Waals surface area contributed by atoms with Crippen LogP contribution in [0.25, 0.3) is 11.3 Å². The molecule has 3 heterocycles. The highest BCUT2D eigenvalue weighted by Gasteiger charge is 2.51. The summed E-state index contributed by atoms with van der Waals surface area (Å²) in [6.07, 6.45) is 13.4. The van der Waals surface area contributed by atoms with Crippen LogP contribution in [0.4, 0.5) is 10.6 Å². The highest BCUT2D eigenvalue weighted by Crippen LogP contribution is 2.58. The Morgan fingerprint density at radius 1 is 0.981 bits per heavy atom. The number of methoxy groups -OCH3 is 1. The van der Waals surface area contributed by atoms with Gasteiger partial charge < -0.3 is 23.7 Å². The second-order valence-electron chi connectivity index (χ2n) is 17.8. The minimum absolute atomic E-state index is 0.0385. The summed E-state index contributed by atoms with van der Waals surface area (Å²) in [6, 6.07) is 11.0. The molecular weight excluding hydrogens is 667 g/mol. The molecule has 2 bridgehead atoms. The van der Waals surface area contributed by atoms with Gasteiger partial charge in [-0.1, -0.05) is 32.9 Å². The van der Waals surface area contributed by atoms with E-state index < -0.39 is 0 Å². The molecule has 5 fully saturated rings. The molecule has 1 aliphatic heterocycles. The molecule has 10 nitrogen and oxygen atoms in total. The van der Waals surface area contributed by atoms with Gasteiger partial charge in [-0.05, 0) is 132 Å². The first-order valence-corrected chi connectivity index (χ1v) is 19.8. The number of nitrogens with zero attached hydrogens (tertiary/aromatic N) is 5. The molecule has 0 radical (unpaired) electrons. The average molecular weight is 726 g/mol. The third kappa shape index (κ3) is 7.71. The SMILES string of the molecule is COc1ccc(C23CCC(CN(C(=O)C4CCC(OC(=O)N5CC[C@@H](N(C)C)C5)CC4)c4cc(-c5coc(C(C)(C)C)n5)ccn4)(CC2)CC3)cc1C. The Kier molecular flexibility index (Phi) is 10.4. The Labute approximate surface area is 315 Å². The second kappa shape index (κ2) is 14.7. The second-order valence-corrected chi connectivity index (χ2v) is 17.8. The summed E-state index contributed by atoms with van der Waals surface area (Å²) < 4.78 is 17.4. The van der Waals surface area contributed by atoms with Crippen LogP contribution in [0, 0.1) is 18.3 Å². The van der Waals surface area contributed by atoms with Gasteiger partial charge in [0.05, 0.1) is 7.11 Å². The van der Waals surface area contributed by atoms with Crippen molar-refractivity contribution >= 4 is 17.8 Å². The zero-order chi connectivity index (χ0) is 37.5. The Morgan fingerprint density at radius 2 is 1.70 bits per heavy atom. The summed E-state index contributed by atoms with van der Waals surface area (Å²) in [5, 5.41) is 0. The molecule has 5 aliphatic rings. The summed E-state index contributed by atoms with van der Waals surface area (Å²) in [5.41, 5.74) is 4.25. The van der Waals surface area contributed by atoms with Gasteiger partial charge in [0, 0.05) is 48.8 Å². The molecule has 53 heavy (non-hydrogen) atoms. The molecule has 0 unspecified atom stereocenters. The van der Waals surface area contributed by atoms with Gasteiger partial charge in [-0.3, -0.25) is 9.69 Å². The predicted molar refractivity (Wildman–Crippen MR) is 206 cm³/mol. The highest BCUT2D eigenvalue weighted by atomic mass is 16.6. The van der Waals surface area contributed by atoms with Crippen molar-refractivity contribution < 1.29 is 23.5 Å². The number of hydrogen-bond acceptors (Lipinski definition) is 8. The lowest BCUT2D eigenvalue weighted by Gasteiger charge is -2.55. The number of amides is 2. The number of likely N-dealkylation sites (tertiary alicyclic amines) is 1. The van der Waals surface area contributed by atoms with Gasteiger partial charge in [0.2, 0.25) is 5.91 Å². The lowest BCUT2D eigenvalue weighted by Crippen LogP contribution is -2.52. The molecule has 2 aromatic heterocycles. The molecule has 0 N–H and O–H groups in total. The lowest BCUT2D eigenvalue weighted by molar-refractivity contribution is -0.124. The van der Waals surface area contributed by atoms with E-state index in [1.165, 1.54) is 11.1 Å². The third-order valence-electron chi connectivity index (χ3n) is 13.1. The lowest BCUT2D eigenvalue weighted by atomic mass is 9.51. The molecular formula is C43H59N5O5. The number of fused-ring (bicyclic) bond motifs is 3. The molecule has 4 aliphatic carbocycles. The summed E-state index contributed by atoms with van der Waals surface area (Å²) in [6.45, 7) is 10.5. The molecule has 1 saturated heterocycles. The maximum Gasteiger partial charge on any atom is 0.410 e. The highest BCUT2D eigenvalue weighted by molar-refractivity contribution is 5.95. The number of pyridine rings is 1. The fourth-order valence-electron chi connectivity index (χ4n) is 9.42. The van der Waals surface area contributed by atoms with Gasteiger partial charge in [0.25, 0.3) is 0 Å². The van der Waals surface area contributed by atoms with E-state index in [1.54, 1.807) is 19.6 Å². The van der Waals surface area contributed by atoms with Gasteiger partial charge in [0.1, 0.15) is 29.6 Å². The minimum atomic E-state index is -0.219. The van der Waals surface area contributed by atoms with E-state index in [-0.39, 0.29) is 40.3 Å². The summed E-state index contributed by atoms with van der Waals surface area (Å²) >= 11 is 0. The van der Waals surface area contributed by atoms with Crippen molar-refractivity contribution in [1.82, 2.24) is 19.8 Å². The van der Waals surface area contributed by atoms with E-state index in [4.69, 9.17) is 23.9 Å².